The minimum atomic E-state index is 0.781. The van der Waals surface area contributed by atoms with Crippen LogP contribution in [-0.2, 0) is 13.0 Å². The zero-order valence-corrected chi connectivity index (χ0v) is 6.35. The second kappa shape index (κ2) is 3.37. The quantitative estimate of drug-likeness (QED) is 0.679. The van der Waals surface area contributed by atoms with Gasteiger partial charge in [0, 0.05) is 13.0 Å². The standard InChI is InChI=1S/C7H12N2O/c1-3-7-9-6(4-8-2)5-10-7/h5,8H,3-4H2,1-2H3. The van der Waals surface area contributed by atoms with Crippen LogP contribution in [0.25, 0.3) is 0 Å². The molecule has 1 heterocycles. The maximum absolute atomic E-state index is 5.12. The van der Waals surface area contributed by atoms with Gasteiger partial charge >= 0.3 is 0 Å². The normalized spacial score (nSPS) is 10.2. The van der Waals surface area contributed by atoms with Gasteiger partial charge in [-0.25, -0.2) is 4.98 Å². The number of aromatic nitrogens is 1. The third-order valence-corrected chi connectivity index (χ3v) is 1.26. The highest BCUT2D eigenvalue weighted by atomic mass is 16.3. The molecule has 0 aliphatic rings. The number of hydrogen-bond acceptors (Lipinski definition) is 3. The molecular weight excluding hydrogens is 128 g/mol. The first-order valence-corrected chi connectivity index (χ1v) is 3.44. The van der Waals surface area contributed by atoms with E-state index in [1.807, 2.05) is 14.0 Å². The van der Waals surface area contributed by atoms with Crippen molar-refractivity contribution >= 4 is 0 Å². The molecule has 0 radical (unpaired) electrons. The second-order valence-electron chi connectivity index (χ2n) is 2.12. The van der Waals surface area contributed by atoms with Crippen LogP contribution in [-0.4, -0.2) is 12.0 Å². The summed E-state index contributed by atoms with van der Waals surface area (Å²) in [7, 11) is 1.89. The fourth-order valence-electron chi connectivity index (χ4n) is 0.774. The predicted octanol–water partition coefficient (Wildman–Crippen LogP) is 0.956. The van der Waals surface area contributed by atoms with Crippen LogP contribution in [0.15, 0.2) is 10.7 Å². The molecule has 0 aliphatic heterocycles. The molecule has 1 aromatic rings. The summed E-state index contributed by atoms with van der Waals surface area (Å²) in [5.74, 6) is 0.810. The fraction of sp³-hybridized carbons (Fsp3) is 0.571. The lowest BCUT2D eigenvalue weighted by Crippen LogP contribution is -2.05. The average Bonchev–Trinajstić information content (AvgIpc) is 2.37. The van der Waals surface area contributed by atoms with Crippen molar-refractivity contribution in [3.63, 3.8) is 0 Å². The molecular formula is C7H12N2O. The van der Waals surface area contributed by atoms with Gasteiger partial charge in [-0.15, -0.1) is 0 Å². The summed E-state index contributed by atoms with van der Waals surface area (Å²) in [5, 5.41) is 3.00. The molecule has 0 saturated carbocycles. The van der Waals surface area contributed by atoms with Gasteiger partial charge < -0.3 is 9.73 Å². The van der Waals surface area contributed by atoms with Gasteiger partial charge in [0.2, 0.25) is 0 Å². The number of oxazole rings is 1. The van der Waals surface area contributed by atoms with E-state index < -0.39 is 0 Å². The van der Waals surface area contributed by atoms with Gasteiger partial charge in [0.05, 0.1) is 5.69 Å². The molecule has 0 saturated heterocycles. The molecule has 0 amide bonds. The van der Waals surface area contributed by atoms with Crippen molar-refractivity contribution < 1.29 is 4.42 Å². The Morgan fingerprint density at radius 2 is 2.50 bits per heavy atom. The number of rotatable bonds is 3. The molecule has 0 spiro atoms. The van der Waals surface area contributed by atoms with E-state index in [1.165, 1.54) is 0 Å². The van der Waals surface area contributed by atoms with E-state index in [9.17, 15) is 0 Å². The van der Waals surface area contributed by atoms with Crippen molar-refractivity contribution in [3.05, 3.63) is 17.8 Å². The number of nitrogens with zero attached hydrogens (tertiary/aromatic N) is 1. The molecule has 3 heteroatoms. The first-order valence-electron chi connectivity index (χ1n) is 3.44. The van der Waals surface area contributed by atoms with Gasteiger partial charge in [-0.3, -0.25) is 0 Å². The molecule has 1 aromatic heterocycles. The highest BCUT2D eigenvalue weighted by Crippen LogP contribution is 2.01. The van der Waals surface area contributed by atoms with E-state index in [1.54, 1.807) is 6.26 Å². The molecule has 0 aliphatic carbocycles. The van der Waals surface area contributed by atoms with Crippen molar-refractivity contribution in [2.45, 2.75) is 19.9 Å². The van der Waals surface area contributed by atoms with Crippen LogP contribution in [0.4, 0.5) is 0 Å². The molecule has 0 unspecified atom stereocenters. The molecule has 10 heavy (non-hydrogen) atoms. The zero-order chi connectivity index (χ0) is 7.40. The highest BCUT2D eigenvalue weighted by molar-refractivity contribution is 4.95. The Hall–Kier alpha value is -0.830. The van der Waals surface area contributed by atoms with Gasteiger partial charge in [-0.1, -0.05) is 6.92 Å². The molecule has 0 aromatic carbocycles. The molecule has 0 fully saturated rings. The maximum Gasteiger partial charge on any atom is 0.193 e. The Bertz CT molecular complexity index is 195. The minimum absolute atomic E-state index is 0.781. The predicted molar refractivity (Wildman–Crippen MR) is 38.6 cm³/mol. The smallest absolute Gasteiger partial charge is 0.193 e. The number of hydrogen-bond donors (Lipinski definition) is 1. The summed E-state index contributed by atoms with van der Waals surface area (Å²) < 4.78 is 5.12. The van der Waals surface area contributed by atoms with Crippen molar-refractivity contribution in [2.24, 2.45) is 0 Å². The Kier molecular flexibility index (Phi) is 2.45. The van der Waals surface area contributed by atoms with Crippen LogP contribution in [0.1, 0.15) is 18.5 Å². The lowest BCUT2D eigenvalue weighted by Gasteiger charge is -1.88. The largest absolute Gasteiger partial charge is 0.449 e. The highest BCUT2D eigenvalue weighted by Gasteiger charge is 1.98. The molecule has 0 bridgehead atoms. The second-order valence-corrected chi connectivity index (χ2v) is 2.12. The van der Waals surface area contributed by atoms with Gasteiger partial charge in [0.25, 0.3) is 0 Å². The van der Waals surface area contributed by atoms with Crippen molar-refractivity contribution in [1.82, 2.24) is 10.3 Å². The SMILES string of the molecule is CCc1nc(CNC)co1. The maximum atomic E-state index is 5.12. The fourth-order valence-corrected chi connectivity index (χ4v) is 0.774. The zero-order valence-electron chi connectivity index (χ0n) is 6.35. The lowest BCUT2D eigenvalue weighted by molar-refractivity contribution is 0.501. The van der Waals surface area contributed by atoms with E-state index in [-0.39, 0.29) is 0 Å². The average molecular weight is 140 g/mol. The first-order chi connectivity index (χ1) is 4.86. The Morgan fingerprint density at radius 3 is 3.00 bits per heavy atom. The van der Waals surface area contributed by atoms with Gasteiger partial charge in [-0.2, -0.15) is 0 Å². The Balaban J connectivity index is 2.59. The monoisotopic (exact) mass is 140 g/mol. The summed E-state index contributed by atoms with van der Waals surface area (Å²) in [4.78, 5) is 4.19. The van der Waals surface area contributed by atoms with Gasteiger partial charge in [0.15, 0.2) is 5.89 Å². The Morgan fingerprint density at radius 1 is 1.70 bits per heavy atom. The minimum Gasteiger partial charge on any atom is -0.449 e. The van der Waals surface area contributed by atoms with E-state index in [4.69, 9.17) is 4.42 Å². The van der Waals surface area contributed by atoms with Crippen molar-refractivity contribution in [2.75, 3.05) is 7.05 Å². The third kappa shape index (κ3) is 1.57. The Labute approximate surface area is 60.5 Å². The molecule has 0 atom stereocenters. The van der Waals surface area contributed by atoms with Crippen LogP contribution in [0.2, 0.25) is 0 Å². The van der Waals surface area contributed by atoms with E-state index in [0.717, 1.165) is 24.6 Å². The molecule has 3 nitrogen and oxygen atoms in total. The summed E-state index contributed by atoms with van der Waals surface area (Å²) in [6.45, 7) is 2.80. The van der Waals surface area contributed by atoms with Crippen LogP contribution in [0.5, 0.6) is 0 Å². The number of nitrogens with one attached hydrogen (secondary N) is 1. The van der Waals surface area contributed by atoms with Crippen molar-refractivity contribution in [3.8, 4) is 0 Å². The van der Waals surface area contributed by atoms with Gasteiger partial charge in [-0.05, 0) is 7.05 Å². The third-order valence-electron chi connectivity index (χ3n) is 1.26. The van der Waals surface area contributed by atoms with Crippen LogP contribution < -0.4 is 5.32 Å². The van der Waals surface area contributed by atoms with E-state index in [0.29, 0.717) is 0 Å². The van der Waals surface area contributed by atoms with Crippen molar-refractivity contribution in [1.29, 1.82) is 0 Å². The van der Waals surface area contributed by atoms with Crippen LogP contribution in [0.3, 0.4) is 0 Å². The number of aryl methyl sites for hydroxylation is 1. The summed E-state index contributed by atoms with van der Waals surface area (Å²) >= 11 is 0. The lowest BCUT2D eigenvalue weighted by atomic mass is 10.5. The molecule has 1 rings (SSSR count). The van der Waals surface area contributed by atoms with Gasteiger partial charge in [0.1, 0.15) is 6.26 Å². The summed E-state index contributed by atoms with van der Waals surface area (Å²) in [6, 6.07) is 0. The summed E-state index contributed by atoms with van der Waals surface area (Å²) in [6.07, 6.45) is 2.55. The van der Waals surface area contributed by atoms with Crippen LogP contribution >= 0.6 is 0 Å². The molecule has 56 valence electrons. The van der Waals surface area contributed by atoms with Crippen LogP contribution in [0, 0.1) is 0 Å². The van der Waals surface area contributed by atoms with E-state index in [2.05, 4.69) is 10.3 Å². The topological polar surface area (TPSA) is 38.1 Å². The van der Waals surface area contributed by atoms with E-state index >= 15 is 0 Å². The summed E-state index contributed by atoms with van der Waals surface area (Å²) in [5.41, 5.74) is 0.972. The molecule has 1 N–H and O–H groups in total. The first kappa shape index (κ1) is 7.28.